The van der Waals surface area contributed by atoms with Crippen LogP contribution in [0.4, 0.5) is 5.82 Å². The first-order chi connectivity index (χ1) is 9.24. The zero-order valence-corrected chi connectivity index (χ0v) is 11.0. The minimum atomic E-state index is -0.960. The SMILES string of the molecule is O=C(O)c1cccc(N2CCN3CCCCC3C2)n1. The van der Waals surface area contributed by atoms with E-state index in [1.165, 1.54) is 25.8 Å². The van der Waals surface area contributed by atoms with Crippen LogP contribution in [0.25, 0.3) is 0 Å². The van der Waals surface area contributed by atoms with Gasteiger partial charge >= 0.3 is 5.97 Å². The molecular weight excluding hydrogens is 242 g/mol. The summed E-state index contributed by atoms with van der Waals surface area (Å²) in [5.74, 6) is -0.164. The Bertz CT molecular complexity index is 478. The van der Waals surface area contributed by atoms with E-state index in [1.54, 1.807) is 12.1 Å². The van der Waals surface area contributed by atoms with Crippen molar-refractivity contribution in [2.45, 2.75) is 25.3 Å². The number of carboxylic acids is 1. The second kappa shape index (κ2) is 5.17. The lowest BCUT2D eigenvalue weighted by molar-refractivity contribution is 0.0690. The van der Waals surface area contributed by atoms with E-state index in [0.717, 1.165) is 25.5 Å². The maximum absolute atomic E-state index is 11.0. The fraction of sp³-hybridized carbons (Fsp3) is 0.571. The highest BCUT2D eigenvalue weighted by Gasteiger charge is 2.29. The third-order valence-corrected chi connectivity index (χ3v) is 4.11. The molecule has 5 nitrogen and oxygen atoms in total. The molecular formula is C14H19N3O2. The molecule has 5 heteroatoms. The molecule has 0 amide bonds. The van der Waals surface area contributed by atoms with Gasteiger partial charge in [-0.3, -0.25) is 4.90 Å². The fourth-order valence-corrected chi connectivity index (χ4v) is 3.08. The van der Waals surface area contributed by atoms with Crippen molar-refractivity contribution in [2.24, 2.45) is 0 Å². The van der Waals surface area contributed by atoms with Crippen LogP contribution in [0.3, 0.4) is 0 Å². The molecule has 19 heavy (non-hydrogen) atoms. The van der Waals surface area contributed by atoms with Gasteiger partial charge in [0.1, 0.15) is 5.82 Å². The van der Waals surface area contributed by atoms with Gasteiger partial charge in [-0.1, -0.05) is 12.5 Å². The van der Waals surface area contributed by atoms with Crippen molar-refractivity contribution in [1.82, 2.24) is 9.88 Å². The van der Waals surface area contributed by atoms with Gasteiger partial charge in [-0.25, -0.2) is 9.78 Å². The minimum Gasteiger partial charge on any atom is -0.477 e. The monoisotopic (exact) mass is 261 g/mol. The van der Waals surface area contributed by atoms with Crippen molar-refractivity contribution >= 4 is 11.8 Å². The number of nitrogens with zero attached hydrogens (tertiary/aromatic N) is 3. The molecule has 0 aliphatic carbocycles. The Morgan fingerprint density at radius 3 is 3.00 bits per heavy atom. The second-order valence-corrected chi connectivity index (χ2v) is 5.32. The number of piperidine rings is 1. The summed E-state index contributed by atoms with van der Waals surface area (Å²) in [5.41, 5.74) is 0.128. The van der Waals surface area contributed by atoms with Gasteiger partial charge < -0.3 is 10.0 Å². The Morgan fingerprint density at radius 1 is 1.26 bits per heavy atom. The average molecular weight is 261 g/mol. The standard InChI is InChI=1S/C14H19N3O2/c18-14(19)12-5-3-6-13(15-12)17-9-8-16-7-2-1-4-11(16)10-17/h3,5-6,11H,1-2,4,7-10H2,(H,18,19). The van der Waals surface area contributed by atoms with Crippen molar-refractivity contribution in [3.05, 3.63) is 23.9 Å². The highest BCUT2D eigenvalue weighted by molar-refractivity contribution is 5.85. The fourth-order valence-electron chi connectivity index (χ4n) is 3.08. The summed E-state index contributed by atoms with van der Waals surface area (Å²) in [7, 11) is 0. The van der Waals surface area contributed by atoms with Crippen molar-refractivity contribution < 1.29 is 9.90 Å². The van der Waals surface area contributed by atoms with Crippen LogP contribution in [-0.4, -0.2) is 53.2 Å². The number of aromatic nitrogens is 1. The van der Waals surface area contributed by atoms with Crippen LogP contribution in [-0.2, 0) is 0 Å². The Labute approximate surface area is 112 Å². The molecule has 1 aromatic rings. The van der Waals surface area contributed by atoms with Crippen molar-refractivity contribution in [1.29, 1.82) is 0 Å². The third-order valence-electron chi connectivity index (χ3n) is 4.11. The molecule has 2 saturated heterocycles. The number of anilines is 1. The number of carboxylic acid groups (broad SMARTS) is 1. The summed E-state index contributed by atoms with van der Waals surface area (Å²) in [6.45, 7) is 4.17. The molecule has 1 N–H and O–H groups in total. The molecule has 0 radical (unpaired) electrons. The van der Waals surface area contributed by atoms with Gasteiger partial charge in [-0.05, 0) is 31.5 Å². The molecule has 2 fully saturated rings. The molecule has 1 atom stereocenters. The zero-order chi connectivity index (χ0) is 13.2. The van der Waals surface area contributed by atoms with E-state index < -0.39 is 5.97 Å². The second-order valence-electron chi connectivity index (χ2n) is 5.32. The highest BCUT2D eigenvalue weighted by atomic mass is 16.4. The lowest BCUT2D eigenvalue weighted by Crippen LogP contribution is -2.55. The minimum absolute atomic E-state index is 0.128. The number of rotatable bonds is 2. The van der Waals surface area contributed by atoms with Crippen LogP contribution >= 0.6 is 0 Å². The molecule has 3 heterocycles. The summed E-state index contributed by atoms with van der Waals surface area (Å²) in [6.07, 6.45) is 3.86. The molecule has 0 saturated carbocycles. The van der Waals surface area contributed by atoms with Crippen molar-refractivity contribution in [3.63, 3.8) is 0 Å². The quantitative estimate of drug-likeness (QED) is 0.873. The molecule has 0 bridgehead atoms. The summed E-state index contributed by atoms with van der Waals surface area (Å²) >= 11 is 0. The summed E-state index contributed by atoms with van der Waals surface area (Å²) in [6, 6.07) is 5.84. The summed E-state index contributed by atoms with van der Waals surface area (Å²) in [5, 5.41) is 9.01. The first-order valence-corrected chi connectivity index (χ1v) is 6.93. The average Bonchev–Trinajstić information content (AvgIpc) is 2.47. The Balaban J connectivity index is 1.75. The maximum atomic E-state index is 11.0. The normalized spacial score (nSPS) is 24.0. The van der Waals surface area contributed by atoms with E-state index in [4.69, 9.17) is 5.11 Å². The third kappa shape index (κ3) is 2.56. The number of hydrogen-bond donors (Lipinski definition) is 1. The molecule has 102 valence electrons. The van der Waals surface area contributed by atoms with Crippen molar-refractivity contribution in [2.75, 3.05) is 31.1 Å². The van der Waals surface area contributed by atoms with Gasteiger partial charge in [0, 0.05) is 25.7 Å². The van der Waals surface area contributed by atoms with E-state index in [-0.39, 0.29) is 5.69 Å². The largest absolute Gasteiger partial charge is 0.477 e. The highest BCUT2D eigenvalue weighted by Crippen LogP contribution is 2.24. The predicted octanol–water partition coefficient (Wildman–Crippen LogP) is 1.45. The van der Waals surface area contributed by atoms with Gasteiger partial charge in [-0.15, -0.1) is 0 Å². The molecule has 1 aromatic heterocycles. The first kappa shape index (κ1) is 12.4. The van der Waals surface area contributed by atoms with Crippen LogP contribution in [0.2, 0.25) is 0 Å². The Kier molecular flexibility index (Phi) is 3.38. The van der Waals surface area contributed by atoms with Crippen LogP contribution < -0.4 is 4.90 Å². The molecule has 2 aliphatic heterocycles. The van der Waals surface area contributed by atoms with E-state index >= 15 is 0 Å². The van der Waals surface area contributed by atoms with Gasteiger partial charge in [-0.2, -0.15) is 0 Å². The maximum Gasteiger partial charge on any atom is 0.354 e. The first-order valence-electron chi connectivity index (χ1n) is 6.93. The summed E-state index contributed by atoms with van der Waals surface area (Å²) in [4.78, 5) is 20.0. The van der Waals surface area contributed by atoms with Crippen LogP contribution in [0, 0.1) is 0 Å². The van der Waals surface area contributed by atoms with Gasteiger partial charge in [0.25, 0.3) is 0 Å². The van der Waals surface area contributed by atoms with E-state index in [2.05, 4.69) is 14.8 Å². The van der Waals surface area contributed by atoms with Crippen molar-refractivity contribution in [3.8, 4) is 0 Å². The number of fused-ring (bicyclic) bond motifs is 1. The topological polar surface area (TPSA) is 56.7 Å². The lowest BCUT2D eigenvalue weighted by Gasteiger charge is -2.44. The van der Waals surface area contributed by atoms with Crippen LogP contribution in [0.15, 0.2) is 18.2 Å². The molecule has 3 rings (SSSR count). The Morgan fingerprint density at radius 2 is 2.16 bits per heavy atom. The van der Waals surface area contributed by atoms with Gasteiger partial charge in [0.2, 0.25) is 0 Å². The predicted molar refractivity (Wildman–Crippen MR) is 72.6 cm³/mol. The Hall–Kier alpha value is -1.62. The van der Waals surface area contributed by atoms with E-state index in [1.807, 2.05) is 6.07 Å². The van der Waals surface area contributed by atoms with Gasteiger partial charge in [0.05, 0.1) is 0 Å². The summed E-state index contributed by atoms with van der Waals surface area (Å²) < 4.78 is 0. The molecule has 0 spiro atoms. The van der Waals surface area contributed by atoms with Crippen LogP contribution in [0.1, 0.15) is 29.8 Å². The number of carbonyl (C=O) groups is 1. The molecule has 1 unspecified atom stereocenters. The van der Waals surface area contributed by atoms with E-state index in [0.29, 0.717) is 6.04 Å². The number of pyridine rings is 1. The number of hydrogen-bond acceptors (Lipinski definition) is 4. The van der Waals surface area contributed by atoms with Gasteiger partial charge in [0.15, 0.2) is 5.69 Å². The molecule has 0 aromatic carbocycles. The smallest absolute Gasteiger partial charge is 0.354 e. The number of aromatic carboxylic acids is 1. The number of piperazine rings is 1. The van der Waals surface area contributed by atoms with E-state index in [9.17, 15) is 4.79 Å². The molecule has 2 aliphatic rings. The van der Waals surface area contributed by atoms with Crippen LogP contribution in [0.5, 0.6) is 0 Å². The zero-order valence-electron chi connectivity index (χ0n) is 11.0. The lowest BCUT2D eigenvalue weighted by atomic mass is 9.99.